The van der Waals surface area contributed by atoms with Gasteiger partial charge >= 0.3 is 0 Å². The minimum Gasteiger partial charge on any atom is -0.298 e. The van der Waals surface area contributed by atoms with Gasteiger partial charge in [-0.2, -0.15) is 0 Å². The first-order chi connectivity index (χ1) is 3.68. The third-order valence-electron chi connectivity index (χ3n) is 1.78. The molecule has 0 atom stereocenters. The Balaban J connectivity index is 3.58. The lowest BCUT2D eigenvalue weighted by Crippen LogP contribution is -2.29. The lowest BCUT2D eigenvalue weighted by Gasteiger charge is -2.22. The van der Waals surface area contributed by atoms with E-state index in [-0.39, 0.29) is 5.60 Å². The van der Waals surface area contributed by atoms with Crippen molar-refractivity contribution >= 4 is 0 Å². The van der Waals surface area contributed by atoms with E-state index in [0.717, 1.165) is 12.8 Å². The fourth-order valence-corrected chi connectivity index (χ4v) is 0.417. The predicted molar refractivity (Wildman–Crippen MR) is 34.3 cm³/mol. The van der Waals surface area contributed by atoms with Crippen molar-refractivity contribution in [3.05, 3.63) is 0 Å². The van der Waals surface area contributed by atoms with Crippen LogP contribution in [0.3, 0.4) is 0 Å². The second-order valence-corrected chi connectivity index (χ2v) is 2.27. The largest absolute Gasteiger partial charge is 0.298 e. The molecule has 0 aromatic carbocycles. The van der Waals surface area contributed by atoms with Crippen LogP contribution in [0.4, 0.5) is 0 Å². The second-order valence-electron chi connectivity index (χ2n) is 2.27. The molecule has 0 saturated carbocycles. The molecule has 2 heteroatoms. The lowest BCUT2D eigenvalue weighted by atomic mass is 10.0. The van der Waals surface area contributed by atoms with Gasteiger partial charge in [0.2, 0.25) is 0 Å². The minimum atomic E-state index is -0.0972. The minimum absolute atomic E-state index is 0.0972. The van der Waals surface area contributed by atoms with Crippen LogP contribution in [-0.4, -0.2) is 5.60 Å². The molecular formula is C6H15NO. The zero-order chi connectivity index (χ0) is 6.62. The Morgan fingerprint density at radius 1 is 1.38 bits per heavy atom. The van der Waals surface area contributed by atoms with Crippen molar-refractivity contribution in [3.63, 3.8) is 0 Å². The summed E-state index contributed by atoms with van der Waals surface area (Å²) in [7, 11) is 0. The van der Waals surface area contributed by atoms with Crippen LogP contribution in [0, 0.1) is 0 Å². The Morgan fingerprint density at radius 3 is 1.75 bits per heavy atom. The number of nitrogens with two attached hydrogens (primary N) is 1. The van der Waals surface area contributed by atoms with Crippen LogP contribution in [0.25, 0.3) is 0 Å². The SMILES string of the molecule is CCC(C)(CC)ON. The summed E-state index contributed by atoms with van der Waals surface area (Å²) >= 11 is 0. The second kappa shape index (κ2) is 3.05. The summed E-state index contributed by atoms with van der Waals surface area (Å²) in [5, 5.41) is 0. The Bertz CT molecular complexity index is 51.3. The van der Waals surface area contributed by atoms with E-state index >= 15 is 0 Å². The van der Waals surface area contributed by atoms with Crippen molar-refractivity contribution in [2.45, 2.75) is 39.2 Å². The van der Waals surface area contributed by atoms with Crippen molar-refractivity contribution in [2.75, 3.05) is 0 Å². The van der Waals surface area contributed by atoms with Gasteiger partial charge in [0.15, 0.2) is 0 Å². The molecule has 0 rings (SSSR count). The molecule has 0 radical (unpaired) electrons. The van der Waals surface area contributed by atoms with Crippen LogP contribution < -0.4 is 5.90 Å². The highest BCUT2D eigenvalue weighted by atomic mass is 16.6. The number of hydrogen-bond donors (Lipinski definition) is 1. The standard InChI is InChI=1S/C6H15NO/c1-4-6(3,5-2)8-7/h4-5,7H2,1-3H3. The van der Waals surface area contributed by atoms with Gasteiger partial charge in [0.1, 0.15) is 0 Å². The van der Waals surface area contributed by atoms with Gasteiger partial charge in [0.05, 0.1) is 5.60 Å². The highest BCUT2D eigenvalue weighted by Gasteiger charge is 2.17. The molecule has 0 aromatic rings. The molecule has 2 nitrogen and oxygen atoms in total. The summed E-state index contributed by atoms with van der Waals surface area (Å²) in [6.45, 7) is 6.14. The third kappa shape index (κ3) is 1.80. The van der Waals surface area contributed by atoms with Crippen molar-refractivity contribution in [2.24, 2.45) is 5.90 Å². The summed E-state index contributed by atoms with van der Waals surface area (Å²) in [6.07, 6.45) is 1.94. The van der Waals surface area contributed by atoms with Crippen molar-refractivity contribution in [1.29, 1.82) is 0 Å². The topological polar surface area (TPSA) is 35.2 Å². The molecule has 0 bridgehead atoms. The van der Waals surface area contributed by atoms with E-state index in [0.29, 0.717) is 0 Å². The molecule has 0 aliphatic heterocycles. The fraction of sp³-hybridized carbons (Fsp3) is 1.00. The van der Waals surface area contributed by atoms with E-state index in [1.807, 2.05) is 6.92 Å². The maximum Gasteiger partial charge on any atom is 0.0860 e. The average Bonchev–Trinajstić information content (AvgIpc) is 1.87. The quantitative estimate of drug-likeness (QED) is 0.568. The normalized spacial score (nSPS) is 12.0. The Morgan fingerprint density at radius 2 is 1.75 bits per heavy atom. The van der Waals surface area contributed by atoms with E-state index in [4.69, 9.17) is 10.7 Å². The molecule has 0 fully saturated rings. The smallest absolute Gasteiger partial charge is 0.0860 e. The molecule has 0 amide bonds. The Kier molecular flexibility index (Phi) is 3.02. The molecule has 0 saturated heterocycles. The molecule has 0 heterocycles. The van der Waals surface area contributed by atoms with Gasteiger partial charge < -0.3 is 0 Å². The zero-order valence-corrected chi connectivity index (χ0v) is 5.90. The average molecular weight is 117 g/mol. The molecule has 0 spiro atoms. The van der Waals surface area contributed by atoms with E-state index < -0.39 is 0 Å². The monoisotopic (exact) mass is 117 g/mol. The van der Waals surface area contributed by atoms with Crippen LogP contribution in [0.2, 0.25) is 0 Å². The molecule has 8 heavy (non-hydrogen) atoms. The van der Waals surface area contributed by atoms with E-state index in [2.05, 4.69) is 13.8 Å². The first kappa shape index (κ1) is 7.92. The fourth-order valence-electron chi connectivity index (χ4n) is 0.417. The van der Waals surface area contributed by atoms with E-state index in [1.54, 1.807) is 0 Å². The van der Waals surface area contributed by atoms with E-state index in [9.17, 15) is 0 Å². The first-order valence-corrected chi connectivity index (χ1v) is 3.06. The van der Waals surface area contributed by atoms with Gasteiger partial charge in [-0.25, -0.2) is 5.90 Å². The Hall–Kier alpha value is -0.0800. The van der Waals surface area contributed by atoms with Gasteiger partial charge in [-0.15, -0.1) is 0 Å². The summed E-state index contributed by atoms with van der Waals surface area (Å²) in [5.74, 6) is 5.03. The van der Waals surface area contributed by atoms with Gasteiger partial charge in [-0.1, -0.05) is 13.8 Å². The number of rotatable bonds is 3. The van der Waals surface area contributed by atoms with Gasteiger partial charge in [0.25, 0.3) is 0 Å². The zero-order valence-electron chi connectivity index (χ0n) is 5.90. The van der Waals surface area contributed by atoms with Crippen LogP contribution >= 0.6 is 0 Å². The summed E-state index contributed by atoms with van der Waals surface area (Å²) in [6, 6.07) is 0. The summed E-state index contributed by atoms with van der Waals surface area (Å²) in [5.41, 5.74) is -0.0972. The van der Waals surface area contributed by atoms with Crippen molar-refractivity contribution in [3.8, 4) is 0 Å². The highest BCUT2D eigenvalue weighted by molar-refractivity contribution is 4.68. The third-order valence-corrected chi connectivity index (χ3v) is 1.78. The predicted octanol–water partition coefficient (Wildman–Crippen LogP) is 1.46. The van der Waals surface area contributed by atoms with Crippen LogP contribution in [0.15, 0.2) is 0 Å². The maximum atomic E-state index is 5.03. The van der Waals surface area contributed by atoms with Gasteiger partial charge in [0, 0.05) is 0 Å². The first-order valence-electron chi connectivity index (χ1n) is 3.06. The van der Waals surface area contributed by atoms with Gasteiger partial charge in [-0.05, 0) is 19.8 Å². The molecule has 0 aliphatic carbocycles. The molecule has 2 N–H and O–H groups in total. The lowest BCUT2D eigenvalue weighted by molar-refractivity contribution is -0.0391. The summed E-state index contributed by atoms with van der Waals surface area (Å²) in [4.78, 5) is 4.74. The molecule has 0 aromatic heterocycles. The summed E-state index contributed by atoms with van der Waals surface area (Å²) < 4.78 is 0. The number of hydrogen-bond acceptors (Lipinski definition) is 2. The van der Waals surface area contributed by atoms with Crippen molar-refractivity contribution < 1.29 is 4.84 Å². The maximum absolute atomic E-state index is 5.03. The molecule has 50 valence electrons. The molecule has 0 aliphatic rings. The molecular weight excluding hydrogens is 102 g/mol. The van der Waals surface area contributed by atoms with Gasteiger partial charge in [-0.3, -0.25) is 4.84 Å². The van der Waals surface area contributed by atoms with Crippen LogP contribution in [0.5, 0.6) is 0 Å². The Labute approximate surface area is 51.0 Å². The van der Waals surface area contributed by atoms with Crippen LogP contribution in [0.1, 0.15) is 33.6 Å². The highest BCUT2D eigenvalue weighted by Crippen LogP contribution is 2.15. The molecule has 0 unspecified atom stereocenters. The van der Waals surface area contributed by atoms with Crippen LogP contribution in [-0.2, 0) is 4.84 Å². The van der Waals surface area contributed by atoms with Crippen molar-refractivity contribution in [1.82, 2.24) is 0 Å². The van der Waals surface area contributed by atoms with E-state index in [1.165, 1.54) is 0 Å².